The van der Waals surface area contributed by atoms with Gasteiger partial charge in [-0.05, 0) is 6.42 Å². The van der Waals surface area contributed by atoms with Crippen LogP contribution in [0, 0.1) is 5.92 Å². The molecule has 1 unspecified atom stereocenters. The average molecular weight is 284 g/mol. The minimum absolute atomic E-state index is 0.0290. The molecule has 7 heteroatoms. The Morgan fingerprint density at radius 2 is 1.90 bits per heavy atom. The van der Waals surface area contributed by atoms with Gasteiger partial charge in [-0.15, -0.1) is 5.06 Å². The van der Waals surface area contributed by atoms with Gasteiger partial charge >= 0.3 is 5.97 Å². The van der Waals surface area contributed by atoms with Crippen LogP contribution in [0.15, 0.2) is 0 Å². The predicted molar refractivity (Wildman–Crippen MR) is 68.9 cm³/mol. The monoisotopic (exact) mass is 284 g/mol. The molecule has 1 saturated heterocycles. The largest absolute Gasteiger partial charge is 0.356 e. The minimum Gasteiger partial charge on any atom is -0.356 e. The summed E-state index contributed by atoms with van der Waals surface area (Å²) >= 11 is 0. The van der Waals surface area contributed by atoms with Crippen LogP contribution < -0.4 is 5.32 Å². The number of hydrogen-bond donors (Lipinski definition) is 1. The van der Waals surface area contributed by atoms with Crippen LogP contribution in [0.3, 0.4) is 0 Å². The highest BCUT2D eigenvalue weighted by molar-refractivity contribution is 6.01. The summed E-state index contributed by atoms with van der Waals surface area (Å²) in [6.07, 6.45) is 1.92. The van der Waals surface area contributed by atoms with E-state index in [1.807, 2.05) is 6.92 Å². The molecule has 1 atom stereocenters. The fraction of sp³-hybridized carbons (Fsp3) is 0.692. The molecule has 1 aliphatic heterocycles. The van der Waals surface area contributed by atoms with E-state index in [1.54, 1.807) is 0 Å². The van der Waals surface area contributed by atoms with E-state index in [-0.39, 0.29) is 25.2 Å². The van der Waals surface area contributed by atoms with E-state index in [1.165, 1.54) is 6.92 Å². The summed E-state index contributed by atoms with van der Waals surface area (Å²) in [6.45, 7) is 4.10. The molecule has 0 aromatic rings. The van der Waals surface area contributed by atoms with E-state index < -0.39 is 23.7 Å². The molecule has 7 nitrogen and oxygen atoms in total. The maximum absolute atomic E-state index is 11.7. The van der Waals surface area contributed by atoms with Gasteiger partial charge in [0.05, 0.1) is 5.92 Å². The van der Waals surface area contributed by atoms with Crippen molar-refractivity contribution < 1.29 is 24.0 Å². The molecule has 0 spiro atoms. The van der Waals surface area contributed by atoms with E-state index >= 15 is 0 Å². The van der Waals surface area contributed by atoms with Gasteiger partial charge in [-0.25, -0.2) is 4.79 Å². The number of amides is 3. The van der Waals surface area contributed by atoms with Gasteiger partial charge in [0.15, 0.2) is 0 Å². The van der Waals surface area contributed by atoms with Crippen molar-refractivity contribution in [3.63, 3.8) is 0 Å². The highest BCUT2D eigenvalue weighted by Gasteiger charge is 2.34. The Bertz CT molecular complexity index is 392. The van der Waals surface area contributed by atoms with Crippen LogP contribution in [-0.4, -0.2) is 35.3 Å². The van der Waals surface area contributed by atoms with Crippen molar-refractivity contribution in [2.75, 3.05) is 6.54 Å². The number of hydroxylamine groups is 2. The van der Waals surface area contributed by atoms with E-state index in [2.05, 4.69) is 5.32 Å². The average Bonchev–Trinajstić information content (AvgIpc) is 2.70. The Hall–Kier alpha value is -1.92. The molecular weight excluding hydrogens is 264 g/mol. The Balaban J connectivity index is 2.37. The van der Waals surface area contributed by atoms with Gasteiger partial charge in [-0.2, -0.15) is 0 Å². The number of nitrogens with zero attached hydrogens (tertiary/aromatic N) is 1. The van der Waals surface area contributed by atoms with E-state index in [0.29, 0.717) is 11.6 Å². The Morgan fingerprint density at radius 1 is 1.30 bits per heavy atom. The van der Waals surface area contributed by atoms with Crippen LogP contribution in [0.5, 0.6) is 0 Å². The lowest BCUT2D eigenvalue weighted by atomic mass is 10.1. The molecule has 1 aliphatic rings. The molecule has 0 aromatic heterocycles. The third kappa shape index (κ3) is 4.64. The lowest BCUT2D eigenvalue weighted by molar-refractivity contribution is -0.200. The quantitative estimate of drug-likeness (QED) is 0.544. The Kier molecular flexibility index (Phi) is 6.14. The maximum Gasteiger partial charge on any atom is 0.336 e. The van der Waals surface area contributed by atoms with E-state index in [0.717, 1.165) is 12.8 Å². The Morgan fingerprint density at radius 3 is 2.45 bits per heavy atom. The molecule has 0 bridgehead atoms. The number of unbranched alkanes of at least 4 members (excludes halogenated alkanes) is 1. The van der Waals surface area contributed by atoms with Crippen LogP contribution in [-0.2, 0) is 24.0 Å². The molecule has 1 fully saturated rings. The number of carbonyl (C=O) groups excluding carboxylic acids is 4. The SMILES string of the molecule is CCCCNC(=O)CC(C)C(=O)ON1C(=O)CCC1=O. The van der Waals surface area contributed by atoms with E-state index in [9.17, 15) is 19.2 Å². The van der Waals surface area contributed by atoms with Crippen molar-refractivity contribution in [3.05, 3.63) is 0 Å². The topological polar surface area (TPSA) is 92.8 Å². The number of hydrogen-bond acceptors (Lipinski definition) is 5. The third-order valence-corrected chi connectivity index (χ3v) is 2.93. The van der Waals surface area contributed by atoms with Crippen molar-refractivity contribution in [1.29, 1.82) is 0 Å². The van der Waals surface area contributed by atoms with Gasteiger partial charge in [0, 0.05) is 25.8 Å². The molecule has 1 N–H and O–H groups in total. The van der Waals surface area contributed by atoms with Crippen molar-refractivity contribution >= 4 is 23.7 Å². The molecule has 1 heterocycles. The zero-order chi connectivity index (χ0) is 15.1. The number of rotatable bonds is 7. The highest BCUT2D eigenvalue weighted by atomic mass is 16.7. The molecular formula is C13H20N2O5. The minimum atomic E-state index is -0.751. The summed E-state index contributed by atoms with van der Waals surface area (Å²) in [4.78, 5) is 50.6. The fourth-order valence-electron chi connectivity index (χ4n) is 1.68. The van der Waals surface area contributed by atoms with Crippen molar-refractivity contribution in [1.82, 2.24) is 10.4 Å². The van der Waals surface area contributed by atoms with Gasteiger partial charge in [0.2, 0.25) is 5.91 Å². The van der Waals surface area contributed by atoms with Crippen molar-refractivity contribution in [2.45, 2.75) is 46.0 Å². The van der Waals surface area contributed by atoms with E-state index in [4.69, 9.17) is 4.84 Å². The molecule has 0 saturated carbocycles. The zero-order valence-electron chi connectivity index (χ0n) is 11.8. The lowest BCUT2D eigenvalue weighted by Crippen LogP contribution is -2.35. The summed E-state index contributed by atoms with van der Waals surface area (Å²) in [7, 11) is 0. The molecule has 1 rings (SSSR count). The summed E-state index contributed by atoms with van der Waals surface area (Å²) < 4.78 is 0. The second kappa shape index (κ2) is 7.62. The summed E-state index contributed by atoms with van der Waals surface area (Å²) in [5, 5.41) is 3.18. The second-order valence-corrected chi connectivity index (χ2v) is 4.80. The highest BCUT2D eigenvalue weighted by Crippen LogP contribution is 2.14. The van der Waals surface area contributed by atoms with Crippen LogP contribution in [0.2, 0.25) is 0 Å². The summed E-state index contributed by atoms with van der Waals surface area (Å²) in [5.41, 5.74) is 0. The zero-order valence-corrected chi connectivity index (χ0v) is 11.8. The van der Waals surface area contributed by atoms with Crippen LogP contribution in [0.4, 0.5) is 0 Å². The first kappa shape index (κ1) is 16.1. The van der Waals surface area contributed by atoms with Gasteiger partial charge in [-0.1, -0.05) is 20.3 Å². The van der Waals surface area contributed by atoms with Crippen LogP contribution in [0.1, 0.15) is 46.0 Å². The number of imide groups is 1. The summed E-state index contributed by atoms with van der Waals surface area (Å²) in [6, 6.07) is 0. The van der Waals surface area contributed by atoms with Gasteiger partial charge < -0.3 is 10.2 Å². The molecule has 0 radical (unpaired) electrons. The maximum atomic E-state index is 11.7. The predicted octanol–water partition coefficient (Wildman–Crippen LogP) is 0.536. The normalized spacial score (nSPS) is 16.2. The smallest absolute Gasteiger partial charge is 0.336 e. The number of nitrogens with one attached hydrogen (secondary N) is 1. The van der Waals surface area contributed by atoms with Crippen molar-refractivity contribution in [3.8, 4) is 0 Å². The fourth-order valence-corrected chi connectivity index (χ4v) is 1.68. The Labute approximate surface area is 117 Å². The molecule has 0 aromatic carbocycles. The number of carbonyl (C=O) groups is 4. The molecule has 0 aliphatic carbocycles. The van der Waals surface area contributed by atoms with Crippen molar-refractivity contribution in [2.24, 2.45) is 5.92 Å². The first-order valence-electron chi connectivity index (χ1n) is 6.80. The second-order valence-electron chi connectivity index (χ2n) is 4.80. The van der Waals surface area contributed by atoms with Gasteiger partial charge in [0.25, 0.3) is 11.8 Å². The van der Waals surface area contributed by atoms with Crippen LogP contribution >= 0.6 is 0 Å². The first-order valence-corrected chi connectivity index (χ1v) is 6.80. The van der Waals surface area contributed by atoms with Gasteiger partial charge in [-0.3, -0.25) is 14.4 Å². The first-order chi connectivity index (χ1) is 9.45. The molecule has 3 amide bonds. The van der Waals surface area contributed by atoms with Crippen LogP contribution in [0.25, 0.3) is 0 Å². The standard InChI is InChI=1S/C13H20N2O5/c1-3-4-7-14-10(16)8-9(2)13(19)20-15-11(17)5-6-12(15)18/h9H,3-8H2,1-2H3,(H,14,16). The van der Waals surface area contributed by atoms with Gasteiger partial charge in [0.1, 0.15) is 0 Å². The molecule has 20 heavy (non-hydrogen) atoms. The summed E-state index contributed by atoms with van der Waals surface area (Å²) in [5.74, 6) is -2.76. The molecule has 112 valence electrons. The third-order valence-electron chi connectivity index (χ3n) is 2.93. The lowest BCUT2D eigenvalue weighted by Gasteiger charge is -2.16.